The summed E-state index contributed by atoms with van der Waals surface area (Å²) < 4.78 is 11.7. The van der Waals surface area contributed by atoms with Crippen molar-refractivity contribution in [1.29, 1.82) is 0 Å². The third-order valence-electron chi connectivity index (χ3n) is 4.57. The maximum Gasteiger partial charge on any atom is 0.163 e. The van der Waals surface area contributed by atoms with Crippen molar-refractivity contribution < 1.29 is 9.47 Å². The summed E-state index contributed by atoms with van der Waals surface area (Å²) in [5.41, 5.74) is 3.10. The maximum absolute atomic E-state index is 6.51. The Balaban J connectivity index is 1.61. The molecule has 0 bridgehead atoms. The molecule has 0 radical (unpaired) electrons. The van der Waals surface area contributed by atoms with E-state index in [0.29, 0.717) is 41.3 Å². The van der Waals surface area contributed by atoms with Gasteiger partial charge in [0.15, 0.2) is 11.5 Å². The van der Waals surface area contributed by atoms with Gasteiger partial charge in [-0.15, -0.1) is 0 Å². The molecule has 0 aliphatic carbocycles. The normalized spacial score (nSPS) is 10.8. The largest absolute Gasteiger partial charge is 0.490 e. The van der Waals surface area contributed by atoms with Gasteiger partial charge in [0.05, 0.1) is 6.61 Å². The summed E-state index contributed by atoms with van der Waals surface area (Å²) in [7, 11) is 0. The Kier molecular flexibility index (Phi) is 8.71. The Morgan fingerprint density at radius 3 is 2.27 bits per heavy atom. The van der Waals surface area contributed by atoms with E-state index >= 15 is 0 Å². The molecule has 3 aromatic carbocycles. The van der Waals surface area contributed by atoms with Crippen molar-refractivity contribution in [2.24, 2.45) is 0 Å². The molecule has 0 fully saturated rings. The van der Waals surface area contributed by atoms with Crippen LogP contribution < -0.4 is 14.8 Å². The Labute approximate surface area is 192 Å². The van der Waals surface area contributed by atoms with E-state index in [1.165, 1.54) is 5.56 Å². The van der Waals surface area contributed by atoms with Gasteiger partial charge in [0.2, 0.25) is 0 Å². The molecular weight excluding hydrogens is 441 g/mol. The lowest BCUT2D eigenvalue weighted by Crippen LogP contribution is -2.17. The average molecular weight is 465 g/mol. The summed E-state index contributed by atoms with van der Waals surface area (Å²) in [5, 5.41) is 5.48. The van der Waals surface area contributed by atoms with Crippen molar-refractivity contribution in [3.05, 3.63) is 92.4 Å². The number of hydrogen-bond donors (Lipinski definition) is 1. The zero-order valence-electron chi connectivity index (χ0n) is 16.8. The van der Waals surface area contributed by atoms with Crippen LogP contribution in [-0.4, -0.2) is 13.2 Å². The van der Waals surface area contributed by atoms with E-state index in [0.717, 1.165) is 29.1 Å². The molecule has 1 N–H and O–H groups in total. The summed E-state index contributed by atoms with van der Waals surface area (Å²) in [6, 6.07) is 19.2. The van der Waals surface area contributed by atoms with Crippen LogP contribution in [0.4, 0.5) is 0 Å². The lowest BCUT2D eigenvalue weighted by molar-refractivity contribution is 0.269. The monoisotopic (exact) mass is 463 g/mol. The van der Waals surface area contributed by atoms with Gasteiger partial charge in [-0.25, -0.2) is 0 Å². The van der Waals surface area contributed by atoms with Crippen LogP contribution in [0.3, 0.4) is 0 Å². The molecule has 0 amide bonds. The van der Waals surface area contributed by atoms with E-state index in [-0.39, 0.29) is 0 Å². The van der Waals surface area contributed by atoms with Crippen molar-refractivity contribution in [1.82, 2.24) is 5.32 Å². The van der Waals surface area contributed by atoms with Crippen LogP contribution in [0.2, 0.25) is 15.1 Å². The van der Waals surface area contributed by atoms with E-state index in [2.05, 4.69) is 5.32 Å². The van der Waals surface area contributed by atoms with Gasteiger partial charge in [-0.2, -0.15) is 0 Å². The smallest absolute Gasteiger partial charge is 0.163 e. The first-order chi connectivity index (χ1) is 14.6. The first-order valence-corrected chi connectivity index (χ1v) is 11.0. The summed E-state index contributed by atoms with van der Waals surface area (Å²) in [6.07, 6.45) is 0.909. The lowest BCUT2D eigenvalue weighted by atomic mass is 10.1. The van der Waals surface area contributed by atoms with Crippen LogP contribution >= 0.6 is 34.8 Å². The quantitative estimate of drug-likeness (QED) is 0.329. The SMILES string of the molecule is CCOc1cc(CNCCc2ccc(Cl)cc2)c(Cl)cc1OCc1ccccc1Cl. The average Bonchev–Trinajstić information content (AvgIpc) is 2.74. The maximum atomic E-state index is 6.51. The number of hydrogen-bond acceptors (Lipinski definition) is 3. The number of halogens is 3. The minimum Gasteiger partial charge on any atom is -0.490 e. The molecule has 30 heavy (non-hydrogen) atoms. The highest BCUT2D eigenvalue weighted by Gasteiger charge is 2.12. The number of ether oxygens (including phenoxy) is 2. The highest BCUT2D eigenvalue weighted by atomic mass is 35.5. The van der Waals surface area contributed by atoms with Gasteiger partial charge in [0.1, 0.15) is 6.61 Å². The lowest BCUT2D eigenvalue weighted by Gasteiger charge is -2.16. The van der Waals surface area contributed by atoms with E-state index in [1.807, 2.05) is 61.5 Å². The molecule has 0 aromatic heterocycles. The predicted molar refractivity (Wildman–Crippen MR) is 125 cm³/mol. The molecule has 0 atom stereocenters. The number of rotatable bonds is 10. The van der Waals surface area contributed by atoms with E-state index in [4.69, 9.17) is 44.3 Å². The van der Waals surface area contributed by atoms with Crippen LogP contribution in [0, 0.1) is 0 Å². The minimum atomic E-state index is 0.342. The zero-order valence-corrected chi connectivity index (χ0v) is 19.0. The summed E-state index contributed by atoms with van der Waals surface area (Å²) in [6.45, 7) is 4.28. The molecule has 3 aromatic rings. The van der Waals surface area contributed by atoms with Crippen LogP contribution in [0.25, 0.3) is 0 Å². The highest BCUT2D eigenvalue weighted by molar-refractivity contribution is 6.32. The molecule has 0 heterocycles. The van der Waals surface area contributed by atoms with Crippen LogP contribution in [0.15, 0.2) is 60.7 Å². The van der Waals surface area contributed by atoms with Gasteiger partial charge in [0.25, 0.3) is 0 Å². The molecule has 0 aliphatic rings. The molecule has 0 aliphatic heterocycles. The summed E-state index contributed by atoms with van der Waals surface area (Å²) in [5.74, 6) is 1.27. The van der Waals surface area contributed by atoms with Gasteiger partial charge in [0, 0.05) is 33.2 Å². The van der Waals surface area contributed by atoms with Crippen LogP contribution in [0.5, 0.6) is 11.5 Å². The van der Waals surface area contributed by atoms with Crippen LogP contribution in [-0.2, 0) is 19.6 Å². The molecule has 0 unspecified atom stereocenters. The molecule has 0 spiro atoms. The van der Waals surface area contributed by atoms with Crippen molar-refractivity contribution in [3.63, 3.8) is 0 Å². The fourth-order valence-corrected chi connectivity index (χ4v) is 3.51. The fourth-order valence-electron chi connectivity index (χ4n) is 2.97. The van der Waals surface area contributed by atoms with Gasteiger partial charge in [-0.1, -0.05) is 65.1 Å². The second-order valence-electron chi connectivity index (χ2n) is 6.76. The van der Waals surface area contributed by atoms with Gasteiger partial charge < -0.3 is 14.8 Å². The first kappa shape index (κ1) is 22.8. The minimum absolute atomic E-state index is 0.342. The topological polar surface area (TPSA) is 30.5 Å². The van der Waals surface area contributed by atoms with Crippen molar-refractivity contribution in [2.75, 3.05) is 13.2 Å². The van der Waals surface area contributed by atoms with Crippen molar-refractivity contribution >= 4 is 34.8 Å². The second kappa shape index (κ2) is 11.5. The van der Waals surface area contributed by atoms with Gasteiger partial charge in [-0.3, -0.25) is 0 Å². The molecule has 3 nitrogen and oxygen atoms in total. The van der Waals surface area contributed by atoms with Gasteiger partial charge >= 0.3 is 0 Å². The predicted octanol–water partition coefficient (Wildman–Crippen LogP) is 6.96. The van der Waals surface area contributed by atoms with E-state index in [9.17, 15) is 0 Å². The number of benzene rings is 3. The molecule has 3 rings (SSSR count). The number of nitrogens with one attached hydrogen (secondary N) is 1. The highest BCUT2D eigenvalue weighted by Crippen LogP contribution is 2.34. The summed E-state index contributed by atoms with van der Waals surface area (Å²) >= 11 is 18.7. The third kappa shape index (κ3) is 6.55. The zero-order chi connectivity index (χ0) is 21.3. The molecule has 158 valence electrons. The van der Waals surface area contributed by atoms with Crippen molar-refractivity contribution in [3.8, 4) is 11.5 Å². The van der Waals surface area contributed by atoms with Crippen molar-refractivity contribution in [2.45, 2.75) is 26.5 Å². The van der Waals surface area contributed by atoms with Crippen LogP contribution in [0.1, 0.15) is 23.6 Å². The van der Waals surface area contributed by atoms with E-state index in [1.54, 1.807) is 6.07 Å². The Bertz CT molecular complexity index is 961. The fraction of sp³-hybridized carbons (Fsp3) is 0.250. The molecule has 0 saturated carbocycles. The Morgan fingerprint density at radius 1 is 0.800 bits per heavy atom. The molecular formula is C24H24Cl3NO2. The molecule has 0 saturated heterocycles. The third-order valence-corrected chi connectivity index (χ3v) is 5.55. The second-order valence-corrected chi connectivity index (χ2v) is 8.01. The van der Waals surface area contributed by atoms with Gasteiger partial charge in [-0.05, 0) is 55.3 Å². The standard InChI is InChI=1S/C24H24Cl3NO2/c1-2-29-23-13-19(15-28-12-11-17-7-9-20(25)10-8-17)22(27)14-24(23)30-16-18-5-3-4-6-21(18)26/h3-10,13-14,28H,2,11-12,15-16H2,1H3. The summed E-state index contributed by atoms with van der Waals surface area (Å²) in [4.78, 5) is 0. The molecule has 6 heteroatoms. The Hall–Kier alpha value is -1.91. The van der Waals surface area contributed by atoms with E-state index < -0.39 is 0 Å². The Morgan fingerprint density at radius 2 is 1.53 bits per heavy atom. The first-order valence-electron chi connectivity index (χ1n) is 9.83.